The molecule has 0 unspecified atom stereocenters. The molecule has 0 saturated carbocycles. The first-order valence-electron chi connectivity index (χ1n) is 5.49. The lowest BCUT2D eigenvalue weighted by Gasteiger charge is -2.11. The molecule has 0 atom stereocenters. The third kappa shape index (κ3) is 2.49. The molecular weight excluding hydrogens is 275 g/mol. The van der Waals surface area contributed by atoms with Crippen LogP contribution in [-0.2, 0) is 5.41 Å². The molecule has 102 valence electrons. The van der Waals surface area contributed by atoms with Gasteiger partial charge in [-0.2, -0.15) is 4.68 Å². The van der Waals surface area contributed by atoms with Gasteiger partial charge in [0.1, 0.15) is 11.4 Å². The molecule has 5 nitrogen and oxygen atoms in total. The SMILES string of the molecule is CC(C)(C)c1nn(-c2cc(O)c(Cl)cc2F)c(=O)o1. The molecule has 1 N–H and O–H groups in total. The van der Waals surface area contributed by atoms with Crippen LogP contribution in [0.1, 0.15) is 26.7 Å². The van der Waals surface area contributed by atoms with Crippen LogP contribution in [0, 0.1) is 5.82 Å². The smallest absolute Gasteiger partial charge is 0.442 e. The number of rotatable bonds is 1. The van der Waals surface area contributed by atoms with Crippen LogP contribution >= 0.6 is 11.6 Å². The summed E-state index contributed by atoms with van der Waals surface area (Å²) in [5.74, 6) is -1.78. The number of benzene rings is 1. The highest BCUT2D eigenvalue weighted by atomic mass is 35.5. The summed E-state index contributed by atoms with van der Waals surface area (Å²) in [5, 5.41) is 13.3. The van der Waals surface area contributed by atoms with Crippen LogP contribution in [0.2, 0.25) is 5.02 Å². The standard InChI is InChI=1S/C12H12ClFN2O3/c1-12(2,3)10-15-16(11(18)19-10)8-5-9(17)6(13)4-7(8)14/h4-5,17H,1-3H3. The van der Waals surface area contributed by atoms with Crippen LogP contribution in [0.25, 0.3) is 5.69 Å². The largest absolute Gasteiger partial charge is 0.506 e. The average molecular weight is 287 g/mol. The van der Waals surface area contributed by atoms with Crippen molar-refractivity contribution < 1.29 is 13.9 Å². The molecule has 0 bridgehead atoms. The van der Waals surface area contributed by atoms with Crippen LogP contribution in [0.5, 0.6) is 5.75 Å². The summed E-state index contributed by atoms with van der Waals surface area (Å²) in [4.78, 5) is 11.7. The maximum absolute atomic E-state index is 13.8. The van der Waals surface area contributed by atoms with E-state index in [0.717, 1.165) is 16.8 Å². The van der Waals surface area contributed by atoms with Crippen LogP contribution < -0.4 is 5.76 Å². The molecule has 0 aliphatic carbocycles. The second-order valence-corrected chi connectivity index (χ2v) is 5.50. The lowest BCUT2D eigenvalue weighted by atomic mass is 9.97. The van der Waals surface area contributed by atoms with Crippen molar-refractivity contribution in [1.82, 2.24) is 9.78 Å². The van der Waals surface area contributed by atoms with Crippen LogP contribution in [0.15, 0.2) is 21.3 Å². The molecule has 2 rings (SSSR count). The van der Waals surface area contributed by atoms with Crippen molar-refractivity contribution in [2.24, 2.45) is 0 Å². The zero-order chi connectivity index (χ0) is 14.4. The Bertz CT molecular complexity index is 685. The zero-order valence-electron chi connectivity index (χ0n) is 10.6. The monoisotopic (exact) mass is 286 g/mol. The van der Waals surface area contributed by atoms with E-state index in [-0.39, 0.29) is 22.4 Å². The van der Waals surface area contributed by atoms with Gasteiger partial charge in [0.05, 0.1) is 5.02 Å². The number of aromatic nitrogens is 2. The van der Waals surface area contributed by atoms with E-state index in [1.54, 1.807) is 20.8 Å². The summed E-state index contributed by atoms with van der Waals surface area (Å²) >= 11 is 5.57. The molecule has 7 heteroatoms. The molecule has 1 aromatic heterocycles. The topological polar surface area (TPSA) is 68.3 Å². The van der Waals surface area contributed by atoms with Gasteiger partial charge < -0.3 is 9.52 Å². The van der Waals surface area contributed by atoms with Gasteiger partial charge in [0, 0.05) is 11.5 Å². The van der Waals surface area contributed by atoms with E-state index in [2.05, 4.69) is 5.10 Å². The average Bonchev–Trinajstić information content (AvgIpc) is 2.65. The van der Waals surface area contributed by atoms with E-state index in [1.807, 2.05) is 0 Å². The van der Waals surface area contributed by atoms with Crippen molar-refractivity contribution in [3.8, 4) is 11.4 Å². The van der Waals surface area contributed by atoms with Gasteiger partial charge in [-0.25, -0.2) is 9.18 Å². The summed E-state index contributed by atoms with van der Waals surface area (Å²) < 4.78 is 19.5. The van der Waals surface area contributed by atoms with Gasteiger partial charge in [0.15, 0.2) is 5.82 Å². The van der Waals surface area contributed by atoms with E-state index >= 15 is 0 Å². The minimum absolute atomic E-state index is 0.145. The third-order valence-corrected chi connectivity index (χ3v) is 2.74. The molecule has 1 aromatic carbocycles. The zero-order valence-corrected chi connectivity index (χ0v) is 11.3. The number of hydrogen-bond acceptors (Lipinski definition) is 4. The highest BCUT2D eigenvalue weighted by Crippen LogP contribution is 2.28. The van der Waals surface area contributed by atoms with Crippen molar-refractivity contribution in [3.63, 3.8) is 0 Å². The molecule has 1 heterocycles. The van der Waals surface area contributed by atoms with Crippen LogP contribution in [0.3, 0.4) is 0 Å². The van der Waals surface area contributed by atoms with E-state index < -0.39 is 17.0 Å². The minimum Gasteiger partial charge on any atom is -0.506 e. The fourth-order valence-corrected chi connectivity index (χ4v) is 1.57. The molecule has 0 saturated heterocycles. The molecule has 19 heavy (non-hydrogen) atoms. The number of phenolic OH excluding ortho intramolecular Hbond substituents is 1. The Balaban J connectivity index is 2.64. The Labute approximate surface area is 113 Å². The summed E-state index contributed by atoms with van der Waals surface area (Å²) in [5.41, 5.74) is -0.707. The fraction of sp³-hybridized carbons (Fsp3) is 0.333. The Morgan fingerprint density at radius 1 is 1.42 bits per heavy atom. The quantitative estimate of drug-likeness (QED) is 0.875. The number of phenols is 1. The van der Waals surface area contributed by atoms with Crippen LogP contribution in [-0.4, -0.2) is 14.9 Å². The maximum atomic E-state index is 13.8. The first kappa shape index (κ1) is 13.6. The normalized spacial score (nSPS) is 11.8. The molecule has 0 aliphatic rings. The first-order chi connectivity index (χ1) is 8.70. The maximum Gasteiger partial charge on any atom is 0.442 e. The Hall–Kier alpha value is -1.82. The van der Waals surface area contributed by atoms with Gasteiger partial charge in [0.25, 0.3) is 0 Å². The Morgan fingerprint density at radius 2 is 2.05 bits per heavy atom. The van der Waals surface area contributed by atoms with Crippen molar-refractivity contribution in [1.29, 1.82) is 0 Å². The van der Waals surface area contributed by atoms with Gasteiger partial charge in [-0.15, -0.1) is 5.10 Å². The van der Waals surface area contributed by atoms with Crippen molar-refractivity contribution >= 4 is 11.6 Å². The lowest BCUT2D eigenvalue weighted by Crippen LogP contribution is -2.15. The predicted molar refractivity (Wildman–Crippen MR) is 67.4 cm³/mol. The Morgan fingerprint density at radius 3 is 2.58 bits per heavy atom. The highest BCUT2D eigenvalue weighted by molar-refractivity contribution is 6.32. The summed E-state index contributed by atoms with van der Waals surface area (Å²) in [7, 11) is 0. The molecule has 0 fully saturated rings. The van der Waals surface area contributed by atoms with Crippen molar-refractivity contribution in [2.75, 3.05) is 0 Å². The fourth-order valence-electron chi connectivity index (χ4n) is 1.42. The molecule has 0 spiro atoms. The van der Waals surface area contributed by atoms with E-state index in [0.29, 0.717) is 0 Å². The van der Waals surface area contributed by atoms with Crippen LogP contribution in [0.4, 0.5) is 4.39 Å². The number of halogens is 2. The lowest BCUT2D eigenvalue weighted by molar-refractivity contribution is 0.375. The van der Waals surface area contributed by atoms with Crippen molar-refractivity contribution in [3.05, 3.63) is 39.4 Å². The van der Waals surface area contributed by atoms with Gasteiger partial charge in [-0.3, -0.25) is 0 Å². The second-order valence-electron chi connectivity index (χ2n) is 5.09. The highest BCUT2D eigenvalue weighted by Gasteiger charge is 2.24. The molecule has 0 amide bonds. The molecule has 2 aromatic rings. The number of aromatic hydroxyl groups is 1. The minimum atomic E-state index is -0.828. The summed E-state index contributed by atoms with van der Waals surface area (Å²) in [6, 6.07) is 1.93. The second kappa shape index (κ2) is 4.38. The van der Waals surface area contributed by atoms with Gasteiger partial charge in [-0.1, -0.05) is 32.4 Å². The molecule has 0 radical (unpaired) electrons. The van der Waals surface area contributed by atoms with E-state index in [1.165, 1.54) is 0 Å². The van der Waals surface area contributed by atoms with Crippen molar-refractivity contribution in [2.45, 2.75) is 26.2 Å². The van der Waals surface area contributed by atoms with Gasteiger partial charge in [-0.05, 0) is 6.07 Å². The van der Waals surface area contributed by atoms with Gasteiger partial charge in [0.2, 0.25) is 5.89 Å². The number of hydrogen-bond donors (Lipinski definition) is 1. The molecular formula is C12H12ClFN2O3. The van der Waals surface area contributed by atoms with Gasteiger partial charge >= 0.3 is 5.76 Å². The molecule has 0 aliphatic heterocycles. The first-order valence-corrected chi connectivity index (χ1v) is 5.87. The predicted octanol–water partition coefficient (Wildman–Crippen LogP) is 2.62. The number of nitrogens with zero attached hydrogens (tertiary/aromatic N) is 2. The van der Waals surface area contributed by atoms with E-state index in [4.69, 9.17) is 16.0 Å². The Kier molecular flexibility index (Phi) is 3.14. The third-order valence-electron chi connectivity index (χ3n) is 2.43. The summed E-state index contributed by atoms with van der Waals surface area (Å²) in [6.07, 6.45) is 0. The van der Waals surface area contributed by atoms with E-state index in [9.17, 15) is 14.3 Å². The summed E-state index contributed by atoms with van der Waals surface area (Å²) in [6.45, 7) is 5.41.